The third-order valence-corrected chi connectivity index (χ3v) is 3.81. The molecule has 0 bridgehead atoms. The SMILES string of the molecule is CCCNC(=O)CN(C)C(=O)C1CC(C)CCC1N. The molecule has 5 nitrogen and oxygen atoms in total. The minimum Gasteiger partial charge on any atom is -0.355 e. The molecule has 0 saturated heterocycles. The molecular weight excluding hydrogens is 242 g/mol. The van der Waals surface area contributed by atoms with E-state index in [2.05, 4.69) is 12.2 Å². The molecule has 2 amide bonds. The highest BCUT2D eigenvalue weighted by molar-refractivity contribution is 5.86. The molecule has 0 aliphatic heterocycles. The number of nitrogens with zero attached hydrogens (tertiary/aromatic N) is 1. The van der Waals surface area contributed by atoms with E-state index < -0.39 is 0 Å². The summed E-state index contributed by atoms with van der Waals surface area (Å²) in [6.45, 7) is 4.93. The molecule has 0 aromatic rings. The van der Waals surface area contributed by atoms with Gasteiger partial charge in [0, 0.05) is 19.6 Å². The second-order valence-electron chi connectivity index (χ2n) is 5.73. The van der Waals surface area contributed by atoms with Crippen LogP contribution in [0.5, 0.6) is 0 Å². The molecule has 1 rings (SSSR count). The van der Waals surface area contributed by atoms with Crippen LogP contribution in [0.15, 0.2) is 0 Å². The molecule has 0 spiro atoms. The number of likely N-dealkylation sites (N-methyl/N-ethyl adjacent to an activating group) is 1. The number of nitrogens with one attached hydrogen (secondary N) is 1. The molecule has 0 heterocycles. The summed E-state index contributed by atoms with van der Waals surface area (Å²) in [5, 5.41) is 2.78. The van der Waals surface area contributed by atoms with Gasteiger partial charge >= 0.3 is 0 Å². The highest BCUT2D eigenvalue weighted by Gasteiger charge is 2.33. The van der Waals surface area contributed by atoms with E-state index in [1.165, 1.54) is 4.90 Å². The normalized spacial score (nSPS) is 26.8. The van der Waals surface area contributed by atoms with Crippen molar-refractivity contribution in [1.29, 1.82) is 0 Å². The lowest BCUT2D eigenvalue weighted by Crippen LogP contribution is -2.48. The van der Waals surface area contributed by atoms with Gasteiger partial charge in [-0.1, -0.05) is 13.8 Å². The van der Waals surface area contributed by atoms with Gasteiger partial charge in [-0.15, -0.1) is 0 Å². The fourth-order valence-electron chi connectivity index (χ4n) is 2.58. The number of hydrogen-bond acceptors (Lipinski definition) is 3. The minimum absolute atomic E-state index is 0.00528. The number of carbonyl (C=O) groups is 2. The van der Waals surface area contributed by atoms with Crippen molar-refractivity contribution < 1.29 is 9.59 Å². The molecule has 5 heteroatoms. The van der Waals surface area contributed by atoms with Crippen molar-refractivity contribution >= 4 is 11.8 Å². The average Bonchev–Trinajstić information content (AvgIpc) is 2.38. The second-order valence-corrected chi connectivity index (χ2v) is 5.73. The smallest absolute Gasteiger partial charge is 0.239 e. The topological polar surface area (TPSA) is 75.4 Å². The van der Waals surface area contributed by atoms with Crippen LogP contribution in [0.3, 0.4) is 0 Å². The van der Waals surface area contributed by atoms with Crippen LogP contribution in [0.1, 0.15) is 39.5 Å². The molecule has 110 valence electrons. The van der Waals surface area contributed by atoms with Crippen molar-refractivity contribution in [2.75, 3.05) is 20.1 Å². The molecule has 1 fully saturated rings. The molecule has 3 N–H and O–H groups in total. The second kappa shape index (κ2) is 7.48. The molecule has 1 saturated carbocycles. The maximum absolute atomic E-state index is 12.3. The first kappa shape index (κ1) is 16.0. The molecule has 1 aliphatic carbocycles. The van der Waals surface area contributed by atoms with Gasteiger partial charge in [-0.25, -0.2) is 0 Å². The Bertz CT molecular complexity index is 320. The lowest BCUT2D eigenvalue weighted by molar-refractivity contribution is -0.139. The van der Waals surface area contributed by atoms with Gasteiger partial charge in [0.15, 0.2) is 0 Å². The van der Waals surface area contributed by atoms with Gasteiger partial charge in [0.1, 0.15) is 0 Å². The summed E-state index contributed by atoms with van der Waals surface area (Å²) < 4.78 is 0. The monoisotopic (exact) mass is 269 g/mol. The Kier molecular flexibility index (Phi) is 6.28. The predicted molar refractivity (Wildman–Crippen MR) is 75.4 cm³/mol. The van der Waals surface area contributed by atoms with Gasteiger partial charge < -0.3 is 16.0 Å². The first-order valence-electron chi connectivity index (χ1n) is 7.23. The minimum atomic E-state index is -0.132. The Hall–Kier alpha value is -1.10. The van der Waals surface area contributed by atoms with Crippen LogP contribution in [0.25, 0.3) is 0 Å². The van der Waals surface area contributed by atoms with Crippen molar-refractivity contribution in [3.8, 4) is 0 Å². The Morgan fingerprint density at radius 3 is 2.68 bits per heavy atom. The van der Waals surface area contributed by atoms with Crippen molar-refractivity contribution in [1.82, 2.24) is 10.2 Å². The maximum Gasteiger partial charge on any atom is 0.239 e. The Balaban J connectivity index is 2.48. The Morgan fingerprint density at radius 2 is 2.05 bits per heavy atom. The fraction of sp³-hybridized carbons (Fsp3) is 0.857. The molecule has 0 aromatic heterocycles. The maximum atomic E-state index is 12.3. The van der Waals surface area contributed by atoms with Crippen molar-refractivity contribution in [3.05, 3.63) is 0 Å². The zero-order valence-corrected chi connectivity index (χ0v) is 12.3. The lowest BCUT2D eigenvalue weighted by Gasteiger charge is -2.33. The van der Waals surface area contributed by atoms with Gasteiger partial charge in [0.2, 0.25) is 11.8 Å². The molecular formula is C14H27N3O2. The number of rotatable bonds is 5. The van der Waals surface area contributed by atoms with Crippen LogP contribution in [-0.4, -0.2) is 42.9 Å². The van der Waals surface area contributed by atoms with E-state index in [1.54, 1.807) is 7.05 Å². The number of amides is 2. The van der Waals surface area contributed by atoms with Gasteiger partial charge in [-0.05, 0) is 31.6 Å². The zero-order valence-electron chi connectivity index (χ0n) is 12.3. The van der Waals surface area contributed by atoms with E-state index in [-0.39, 0.29) is 30.3 Å². The van der Waals surface area contributed by atoms with Gasteiger partial charge in [0.25, 0.3) is 0 Å². The van der Waals surface area contributed by atoms with E-state index >= 15 is 0 Å². The lowest BCUT2D eigenvalue weighted by atomic mass is 9.78. The summed E-state index contributed by atoms with van der Waals surface area (Å²) in [5.41, 5.74) is 6.04. The zero-order chi connectivity index (χ0) is 14.4. The van der Waals surface area contributed by atoms with Crippen LogP contribution in [0, 0.1) is 11.8 Å². The fourth-order valence-corrected chi connectivity index (χ4v) is 2.58. The molecule has 3 atom stereocenters. The molecule has 3 unspecified atom stereocenters. The first-order valence-corrected chi connectivity index (χ1v) is 7.23. The van der Waals surface area contributed by atoms with E-state index in [0.29, 0.717) is 12.5 Å². The number of nitrogens with two attached hydrogens (primary N) is 1. The van der Waals surface area contributed by atoms with Crippen LogP contribution in [0.2, 0.25) is 0 Å². The molecule has 0 aromatic carbocycles. The van der Waals surface area contributed by atoms with Crippen LogP contribution < -0.4 is 11.1 Å². The van der Waals surface area contributed by atoms with E-state index in [9.17, 15) is 9.59 Å². The highest BCUT2D eigenvalue weighted by atomic mass is 16.2. The quantitative estimate of drug-likeness (QED) is 0.773. The van der Waals surface area contributed by atoms with E-state index in [1.807, 2.05) is 6.92 Å². The van der Waals surface area contributed by atoms with Crippen LogP contribution in [-0.2, 0) is 9.59 Å². The molecule has 19 heavy (non-hydrogen) atoms. The summed E-state index contributed by atoms with van der Waals surface area (Å²) in [5.74, 6) is 0.310. The van der Waals surface area contributed by atoms with E-state index in [0.717, 1.165) is 25.7 Å². The number of hydrogen-bond donors (Lipinski definition) is 2. The molecule has 0 radical (unpaired) electrons. The average molecular weight is 269 g/mol. The summed E-state index contributed by atoms with van der Waals surface area (Å²) >= 11 is 0. The molecule has 1 aliphatic rings. The van der Waals surface area contributed by atoms with Gasteiger partial charge in [-0.2, -0.15) is 0 Å². The highest BCUT2D eigenvalue weighted by Crippen LogP contribution is 2.29. The third kappa shape index (κ3) is 4.82. The third-order valence-electron chi connectivity index (χ3n) is 3.81. The Morgan fingerprint density at radius 1 is 1.37 bits per heavy atom. The summed E-state index contributed by atoms with van der Waals surface area (Å²) in [4.78, 5) is 25.4. The summed E-state index contributed by atoms with van der Waals surface area (Å²) in [7, 11) is 1.68. The van der Waals surface area contributed by atoms with E-state index in [4.69, 9.17) is 5.73 Å². The van der Waals surface area contributed by atoms with Crippen LogP contribution >= 0.6 is 0 Å². The first-order chi connectivity index (χ1) is 8.95. The van der Waals surface area contributed by atoms with Gasteiger partial charge in [0.05, 0.1) is 12.5 Å². The predicted octanol–water partition coefficient (Wildman–Crippen LogP) is 0.735. The van der Waals surface area contributed by atoms with Crippen molar-refractivity contribution in [2.45, 2.75) is 45.6 Å². The Labute approximate surface area is 115 Å². The largest absolute Gasteiger partial charge is 0.355 e. The summed E-state index contributed by atoms with van der Waals surface area (Å²) in [6, 6.07) is -0.0650. The number of carbonyl (C=O) groups excluding carboxylic acids is 2. The standard InChI is InChI=1S/C14H27N3O2/c1-4-7-16-13(18)9-17(3)14(19)11-8-10(2)5-6-12(11)15/h10-12H,4-9,15H2,1-3H3,(H,16,18). The van der Waals surface area contributed by atoms with Crippen molar-refractivity contribution in [3.63, 3.8) is 0 Å². The van der Waals surface area contributed by atoms with Gasteiger partial charge in [-0.3, -0.25) is 9.59 Å². The van der Waals surface area contributed by atoms with Crippen molar-refractivity contribution in [2.24, 2.45) is 17.6 Å². The van der Waals surface area contributed by atoms with Crippen LogP contribution in [0.4, 0.5) is 0 Å². The summed E-state index contributed by atoms with van der Waals surface area (Å²) in [6.07, 6.45) is 3.72.